The SMILES string of the molecule is COc1ccc(C)cc1NC(=O)Cc1ccc(N)cc1. The van der Waals surface area contributed by atoms with E-state index >= 15 is 0 Å². The third-order valence-corrected chi connectivity index (χ3v) is 2.97. The molecule has 20 heavy (non-hydrogen) atoms. The maximum absolute atomic E-state index is 12.0. The molecule has 0 unspecified atom stereocenters. The van der Waals surface area contributed by atoms with Crippen molar-refractivity contribution in [1.29, 1.82) is 0 Å². The Morgan fingerprint density at radius 1 is 1.20 bits per heavy atom. The van der Waals surface area contributed by atoms with E-state index < -0.39 is 0 Å². The zero-order valence-corrected chi connectivity index (χ0v) is 11.6. The van der Waals surface area contributed by atoms with E-state index in [1.165, 1.54) is 0 Å². The highest BCUT2D eigenvalue weighted by Gasteiger charge is 2.08. The first-order valence-corrected chi connectivity index (χ1v) is 6.37. The Morgan fingerprint density at radius 3 is 2.55 bits per heavy atom. The van der Waals surface area contributed by atoms with Crippen LogP contribution in [0.3, 0.4) is 0 Å². The van der Waals surface area contributed by atoms with Crippen LogP contribution in [0.25, 0.3) is 0 Å². The van der Waals surface area contributed by atoms with Crippen molar-refractivity contribution in [2.24, 2.45) is 0 Å². The van der Waals surface area contributed by atoms with Crippen molar-refractivity contribution in [2.45, 2.75) is 13.3 Å². The lowest BCUT2D eigenvalue weighted by Crippen LogP contribution is -2.15. The minimum Gasteiger partial charge on any atom is -0.495 e. The maximum atomic E-state index is 12.0. The predicted octanol–water partition coefficient (Wildman–Crippen LogP) is 2.77. The molecular formula is C16H18N2O2. The molecule has 0 radical (unpaired) electrons. The Hall–Kier alpha value is -2.49. The summed E-state index contributed by atoms with van der Waals surface area (Å²) in [5, 5.41) is 2.87. The normalized spacial score (nSPS) is 10.1. The molecule has 0 saturated carbocycles. The number of methoxy groups -OCH3 is 1. The van der Waals surface area contributed by atoms with Crippen LogP contribution < -0.4 is 15.8 Å². The van der Waals surface area contributed by atoms with Crippen molar-refractivity contribution in [2.75, 3.05) is 18.2 Å². The first kappa shape index (κ1) is 13.9. The molecule has 0 aliphatic heterocycles. The smallest absolute Gasteiger partial charge is 0.228 e. The van der Waals surface area contributed by atoms with E-state index in [0.717, 1.165) is 11.1 Å². The van der Waals surface area contributed by atoms with Gasteiger partial charge < -0.3 is 15.8 Å². The largest absolute Gasteiger partial charge is 0.495 e. The van der Waals surface area contributed by atoms with Gasteiger partial charge in [-0.05, 0) is 42.3 Å². The molecule has 1 amide bonds. The highest BCUT2D eigenvalue weighted by molar-refractivity contribution is 5.93. The van der Waals surface area contributed by atoms with E-state index in [2.05, 4.69) is 5.32 Å². The fraction of sp³-hybridized carbons (Fsp3) is 0.188. The number of anilines is 2. The Morgan fingerprint density at radius 2 is 1.90 bits per heavy atom. The number of carbonyl (C=O) groups is 1. The average Bonchev–Trinajstić information content (AvgIpc) is 2.41. The van der Waals surface area contributed by atoms with Crippen LogP contribution >= 0.6 is 0 Å². The second kappa shape index (κ2) is 6.10. The molecular weight excluding hydrogens is 252 g/mol. The van der Waals surface area contributed by atoms with Crippen LogP contribution in [0.5, 0.6) is 5.75 Å². The van der Waals surface area contributed by atoms with Crippen LogP contribution in [-0.4, -0.2) is 13.0 Å². The van der Waals surface area contributed by atoms with E-state index in [-0.39, 0.29) is 5.91 Å². The molecule has 0 aliphatic carbocycles. The van der Waals surface area contributed by atoms with E-state index in [1.54, 1.807) is 19.2 Å². The number of carbonyl (C=O) groups excluding carboxylic acids is 1. The van der Waals surface area contributed by atoms with Gasteiger partial charge in [0, 0.05) is 5.69 Å². The maximum Gasteiger partial charge on any atom is 0.228 e. The second-order valence-corrected chi connectivity index (χ2v) is 4.67. The summed E-state index contributed by atoms with van der Waals surface area (Å²) in [7, 11) is 1.58. The van der Waals surface area contributed by atoms with Gasteiger partial charge >= 0.3 is 0 Å². The molecule has 0 fully saturated rings. The number of hydrogen-bond acceptors (Lipinski definition) is 3. The summed E-state index contributed by atoms with van der Waals surface area (Å²) in [5.74, 6) is 0.569. The standard InChI is InChI=1S/C16H18N2O2/c1-11-3-8-15(20-2)14(9-11)18-16(19)10-12-4-6-13(17)7-5-12/h3-9H,10,17H2,1-2H3,(H,18,19). The van der Waals surface area contributed by atoms with Gasteiger partial charge in [0.25, 0.3) is 0 Å². The van der Waals surface area contributed by atoms with E-state index in [4.69, 9.17) is 10.5 Å². The van der Waals surface area contributed by atoms with Crippen molar-refractivity contribution in [3.8, 4) is 5.75 Å². The monoisotopic (exact) mass is 270 g/mol. The Labute approximate surface area is 118 Å². The molecule has 0 aliphatic rings. The highest BCUT2D eigenvalue weighted by atomic mass is 16.5. The van der Waals surface area contributed by atoms with Crippen molar-refractivity contribution in [3.05, 3.63) is 53.6 Å². The van der Waals surface area contributed by atoms with Gasteiger partial charge in [0.2, 0.25) is 5.91 Å². The summed E-state index contributed by atoms with van der Waals surface area (Å²) in [5.41, 5.74) is 8.98. The van der Waals surface area contributed by atoms with Crippen molar-refractivity contribution < 1.29 is 9.53 Å². The molecule has 104 valence electrons. The predicted molar refractivity (Wildman–Crippen MR) is 80.9 cm³/mol. The molecule has 0 spiro atoms. The zero-order chi connectivity index (χ0) is 14.5. The van der Waals surface area contributed by atoms with Crippen LogP contribution in [0, 0.1) is 6.92 Å². The molecule has 4 heteroatoms. The van der Waals surface area contributed by atoms with Gasteiger partial charge in [-0.1, -0.05) is 18.2 Å². The number of nitrogens with one attached hydrogen (secondary N) is 1. The van der Waals surface area contributed by atoms with Gasteiger partial charge in [0.15, 0.2) is 0 Å². The molecule has 0 atom stereocenters. The van der Waals surface area contributed by atoms with Gasteiger partial charge in [-0.2, -0.15) is 0 Å². The summed E-state index contributed by atoms with van der Waals surface area (Å²) >= 11 is 0. The topological polar surface area (TPSA) is 64.3 Å². The summed E-state index contributed by atoms with van der Waals surface area (Å²) in [6.45, 7) is 1.97. The van der Waals surface area contributed by atoms with Gasteiger partial charge in [-0.25, -0.2) is 0 Å². The number of aryl methyl sites for hydroxylation is 1. The molecule has 2 aromatic rings. The lowest BCUT2D eigenvalue weighted by molar-refractivity contribution is -0.115. The Bertz CT molecular complexity index is 606. The molecule has 4 nitrogen and oxygen atoms in total. The van der Waals surface area contributed by atoms with Crippen LogP contribution in [0.15, 0.2) is 42.5 Å². The lowest BCUT2D eigenvalue weighted by Gasteiger charge is -2.11. The van der Waals surface area contributed by atoms with Gasteiger partial charge in [0.05, 0.1) is 19.2 Å². The van der Waals surface area contributed by atoms with Gasteiger partial charge in [-0.15, -0.1) is 0 Å². The minimum absolute atomic E-state index is 0.0846. The number of nitrogen functional groups attached to an aromatic ring is 1. The van der Waals surface area contributed by atoms with Crippen molar-refractivity contribution in [3.63, 3.8) is 0 Å². The number of amides is 1. The Balaban J connectivity index is 2.08. The van der Waals surface area contributed by atoms with Crippen molar-refractivity contribution in [1.82, 2.24) is 0 Å². The fourth-order valence-corrected chi connectivity index (χ4v) is 1.93. The number of hydrogen-bond donors (Lipinski definition) is 2. The quantitative estimate of drug-likeness (QED) is 0.840. The molecule has 0 bridgehead atoms. The Kier molecular flexibility index (Phi) is 4.25. The third kappa shape index (κ3) is 3.51. The number of nitrogens with two attached hydrogens (primary N) is 1. The highest BCUT2D eigenvalue weighted by Crippen LogP contribution is 2.25. The third-order valence-electron chi connectivity index (χ3n) is 2.97. The van der Waals surface area contributed by atoms with Crippen LogP contribution in [0.4, 0.5) is 11.4 Å². The number of ether oxygens (including phenoxy) is 1. The summed E-state index contributed by atoms with van der Waals surface area (Å²) in [4.78, 5) is 12.0. The second-order valence-electron chi connectivity index (χ2n) is 4.67. The minimum atomic E-state index is -0.0846. The molecule has 0 heterocycles. The fourth-order valence-electron chi connectivity index (χ4n) is 1.93. The molecule has 3 N–H and O–H groups in total. The van der Waals surface area contributed by atoms with Gasteiger partial charge in [-0.3, -0.25) is 4.79 Å². The van der Waals surface area contributed by atoms with Gasteiger partial charge in [0.1, 0.15) is 5.75 Å². The molecule has 0 aromatic heterocycles. The molecule has 2 aromatic carbocycles. The van der Waals surface area contributed by atoms with Crippen molar-refractivity contribution >= 4 is 17.3 Å². The zero-order valence-electron chi connectivity index (χ0n) is 11.6. The number of rotatable bonds is 4. The van der Waals surface area contributed by atoms with Crippen LogP contribution in [0.2, 0.25) is 0 Å². The first-order chi connectivity index (χ1) is 9.58. The van der Waals surface area contributed by atoms with E-state index in [0.29, 0.717) is 23.5 Å². The van der Waals surface area contributed by atoms with Crippen LogP contribution in [-0.2, 0) is 11.2 Å². The van der Waals surface area contributed by atoms with E-state index in [9.17, 15) is 4.79 Å². The lowest BCUT2D eigenvalue weighted by atomic mass is 10.1. The molecule has 2 rings (SSSR count). The summed E-state index contributed by atoms with van der Waals surface area (Å²) in [6, 6.07) is 12.9. The first-order valence-electron chi connectivity index (χ1n) is 6.37. The summed E-state index contributed by atoms with van der Waals surface area (Å²) in [6.07, 6.45) is 0.303. The van der Waals surface area contributed by atoms with E-state index in [1.807, 2.05) is 37.3 Å². The summed E-state index contributed by atoms with van der Waals surface area (Å²) < 4.78 is 5.24. The average molecular weight is 270 g/mol. The molecule has 0 saturated heterocycles. The van der Waals surface area contributed by atoms with Crippen LogP contribution in [0.1, 0.15) is 11.1 Å². The number of benzene rings is 2.